The number of carbonyl (C=O) groups excluding carboxylic acids is 1. The highest BCUT2D eigenvalue weighted by molar-refractivity contribution is 6.12. The molecule has 1 aliphatic rings. The van der Waals surface area contributed by atoms with Crippen molar-refractivity contribution in [2.45, 2.75) is 6.92 Å². The average molecular weight is 338 g/mol. The van der Waals surface area contributed by atoms with Crippen LogP contribution in [0.15, 0.2) is 59.2 Å². The number of aliphatic imine (C=N–C) groups is 1. The zero-order valence-electron chi connectivity index (χ0n) is 13.3. The lowest BCUT2D eigenvalue weighted by Crippen LogP contribution is -2.05. The van der Waals surface area contributed by atoms with Gasteiger partial charge in [0.1, 0.15) is 5.75 Å². The molecule has 0 aliphatic carbocycles. The molecule has 1 aliphatic heterocycles. The molecule has 0 atom stereocenters. The minimum absolute atomic E-state index is 0.0188. The molecule has 0 spiro atoms. The number of carbonyl (C=O) groups is 1. The van der Waals surface area contributed by atoms with Gasteiger partial charge in [0, 0.05) is 17.7 Å². The van der Waals surface area contributed by atoms with Crippen LogP contribution in [-0.4, -0.2) is 23.4 Å². The molecule has 1 heterocycles. The van der Waals surface area contributed by atoms with E-state index in [0.717, 1.165) is 5.75 Å². The van der Waals surface area contributed by atoms with Gasteiger partial charge in [0.25, 0.3) is 5.69 Å². The van der Waals surface area contributed by atoms with E-state index in [-0.39, 0.29) is 17.3 Å². The third-order valence-corrected chi connectivity index (χ3v) is 3.44. The quantitative estimate of drug-likeness (QED) is 0.361. The number of cyclic esters (lactones) is 1. The number of hydrogen-bond donors (Lipinski definition) is 0. The second-order valence-electron chi connectivity index (χ2n) is 5.14. The van der Waals surface area contributed by atoms with Gasteiger partial charge >= 0.3 is 5.97 Å². The van der Waals surface area contributed by atoms with E-state index in [1.165, 1.54) is 18.2 Å². The Hall–Kier alpha value is -3.48. The maximum absolute atomic E-state index is 12.0. The molecule has 0 saturated heterocycles. The van der Waals surface area contributed by atoms with Crippen LogP contribution in [0.4, 0.5) is 5.69 Å². The van der Waals surface area contributed by atoms with Crippen molar-refractivity contribution >= 4 is 23.6 Å². The fraction of sp³-hybridized carbons (Fsp3) is 0.111. The van der Waals surface area contributed by atoms with E-state index in [0.29, 0.717) is 17.7 Å². The van der Waals surface area contributed by atoms with Gasteiger partial charge in [-0.15, -0.1) is 0 Å². The van der Waals surface area contributed by atoms with Gasteiger partial charge < -0.3 is 9.47 Å². The highest BCUT2D eigenvalue weighted by Crippen LogP contribution is 2.21. The molecule has 25 heavy (non-hydrogen) atoms. The average Bonchev–Trinajstić information content (AvgIpc) is 2.97. The van der Waals surface area contributed by atoms with Crippen molar-refractivity contribution in [1.82, 2.24) is 0 Å². The first kappa shape index (κ1) is 16.4. The Morgan fingerprint density at radius 2 is 1.84 bits per heavy atom. The Balaban J connectivity index is 1.82. The number of rotatable bonds is 5. The van der Waals surface area contributed by atoms with Gasteiger partial charge in [0.05, 0.1) is 11.5 Å². The van der Waals surface area contributed by atoms with Crippen molar-refractivity contribution in [2.24, 2.45) is 4.99 Å². The number of hydrogen-bond acceptors (Lipinski definition) is 6. The lowest BCUT2D eigenvalue weighted by molar-refractivity contribution is -0.384. The second-order valence-corrected chi connectivity index (χ2v) is 5.14. The predicted octanol–water partition coefficient (Wildman–Crippen LogP) is 3.34. The Bertz CT molecular complexity index is 867. The fourth-order valence-electron chi connectivity index (χ4n) is 2.24. The van der Waals surface area contributed by atoms with Crippen LogP contribution in [0.1, 0.15) is 18.1 Å². The highest BCUT2D eigenvalue weighted by Gasteiger charge is 2.24. The van der Waals surface area contributed by atoms with E-state index >= 15 is 0 Å². The Morgan fingerprint density at radius 3 is 2.44 bits per heavy atom. The summed E-state index contributed by atoms with van der Waals surface area (Å²) < 4.78 is 10.6. The number of nitro groups is 1. The Kier molecular flexibility index (Phi) is 4.56. The second kappa shape index (κ2) is 6.96. The van der Waals surface area contributed by atoms with Gasteiger partial charge in [0.15, 0.2) is 5.70 Å². The highest BCUT2D eigenvalue weighted by atomic mass is 16.6. The molecule has 2 aromatic rings. The normalized spacial score (nSPS) is 15.0. The first-order valence-corrected chi connectivity index (χ1v) is 7.57. The first-order chi connectivity index (χ1) is 12.1. The van der Waals surface area contributed by atoms with E-state index in [1.54, 1.807) is 36.4 Å². The van der Waals surface area contributed by atoms with Crippen LogP contribution in [0.3, 0.4) is 0 Å². The van der Waals surface area contributed by atoms with Gasteiger partial charge in [0.2, 0.25) is 5.90 Å². The summed E-state index contributed by atoms with van der Waals surface area (Å²) in [6.07, 6.45) is 1.52. The SMILES string of the molecule is CCOc1ccc(C2=N/C(=C\c3ccc([N+](=O)[O-])cc3)C(=O)O2)cc1. The van der Waals surface area contributed by atoms with E-state index in [9.17, 15) is 14.9 Å². The van der Waals surface area contributed by atoms with E-state index < -0.39 is 10.9 Å². The minimum atomic E-state index is -0.567. The van der Waals surface area contributed by atoms with Gasteiger partial charge in [-0.05, 0) is 55.0 Å². The summed E-state index contributed by atoms with van der Waals surface area (Å²) in [6, 6.07) is 12.9. The number of nitro benzene ring substituents is 1. The van der Waals surface area contributed by atoms with E-state index in [4.69, 9.17) is 9.47 Å². The van der Waals surface area contributed by atoms with Crippen LogP contribution in [-0.2, 0) is 9.53 Å². The van der Waals surface area contributed by atoms with E-state index in [1.807, 2.05) is 6.92 Å². The molecule has 126 valence electrons. The topological polar surface area (TPSA) is 91.0 Å². The molecule has 3 rings (SSSR count). The smallest absolute Gasteiger partial charge is 0.363 e. The van der Waals surface area contributed by atoms with Crippen molar-refractivity contribution in [2.75, 3.05) is 6.61 Å². The van der Waals surface area contributed by atoms with Crippen LogP contribution in [0.5, 0.6) is 5.75 Å². The molecule has 0 bridgehead atoms. The molecule has 0 saturated carbocycles. The molecule has 0 unspecified atom stereocenters. The van der Waals surface area contributed by atoms with Gasteiger partial charge in [-0.25, -0.2) is 9.79 Å². The molecule has 2 aromatic carbocycles. The van der Waals surface area contributed by atoms with Crippen molar-refractivity contribution < 1.29 is 19.2 Å². The molecule has 0 amide bonds. The molecule has 0 N–H and O–H groups in total. The molecule has 7 heteroatoms. The van der Waals surface area contributed by atoms with Crippen LogP contribution in [0.25, 0.3) is 6.08 Å². The zero-order chi connectivity index (χ0) is 17.8. The number of ether oxygens (including phenoxy) is 2. The standard InChI is InChI=1S/C18H14N2O5/c1-2-24-15-9-5-13(6-10-15)17-19-16(18(21)25-17)11-12-3-7-14(8-4-12)20(22)23/h3-11H,2H2,1H3/b16-11-. The first-order valence-electron chi connectivity index (χ1n) is 7.57. The van der Waals surface area contributed by atoms with Crippen molar-refractivity contribution in [1.29, 1.82) is 0 Å². The summed E-state index contributed by atoms with van der Waals surface area (Å²) in [4.78, 5) is 26.3. The van der Waals surface area contributed by atoms with Crippen LogP contribution in [0, 0.1) is 10.1 Å². The van der Waals surface area contributed by atoms with E-state index in [2.05, 4.69) is 4.99 Å². The number of non-ortho nitro benzene ring substituents is 1. The van der Waals surface area contributed by atoms with Gasteiger partial charge in [-0.2, -0.15) is 0 Å². The molecular weight excluding hydrogens is 324 g/mol. The number of nitrogens with zero attached hydrogens (tertiary/aromatic N) is 2. The molecule has 0 radical (unpaired) electrons. The predicted molar refractivity (Wildman–Crippen MR) is 91.3 cm³/mol. The Labute approximate surface area is 143 Å². The summed E-state index contributed by atoms with van der Waals surface area (Å²) in [7, 11) is 0. The zero-order valence-corrected chi connectivity index (χ0v) is 13.3. The van der Waals surface area contributed by atoms with Crippen LogP contribution >= 0.6 is 0 Å². The number of esters is 1. The fourth-order valence-corrected chi connectivity index (χ4v) is 2.24. The Morgan fingerprint density at radius 1 is 1.16 bits per heavy atom. The maximum atomic E-state index is 12.0. The van der Waals surface area contributed by atoms with Gasteiger partial charge in [-0.3, -0.25) is 10.1 Å². The summed E-state index contributed by atoms with van der Waals surface area (Å²) in [5.74, 6) is 0.362. The molecule has 0 fully saturated rings. The minimum Gasteiger partial charge on any atom is -0.494 e. The third-order valence-electron chi connectivity index (χ3n) is 3.44. The van der Waals surface area contributed by atoms with Crippen LogP contribution < -0.4 is 4.74 Å². The van der Waals surface area contributed by atoms with Crippen molar-refractivity contribution in [3.63, 3.8) is 0 Å². The third kappa shape index (κ3) is 3.72. The maximum Gasteiger partial charge on any atom is 0.363 e. The largest absolute Gasteiger partial charge is 0.494 e. The monoisotopic (exact) mass is 338 g/mol. The summed E-state index contributed by atoms with van der Waals surface area (Å²) in [5, 5.41) is 10.7. The lowest BCUT2D eigenvalue weighted by Gasteiger charge is -2.03. The summed E-state index contributed by atoms with van der Waals surface area (Å²) in [6.45, 7) is 2.46. The van der Waals surface area contributed by atoms with Crippen LogP contribution in [0.2, 0.25) is 0 Å². The van der Waals surface area contributed by atoms with Crippen molar-refractivity contribution in [3.05, 3.63) is 75.5 Å². The molecule has 7 nitrogen and oxygen atoms in total. The number of benzene rings is 2. The summed E-state index contributed by atoms with van der Waals surface area (Å²) >= 11 is 0. The molecular formula is C18H14N2O5. The lowest BCUT2D eigenvalue weighted by atomic mass is 10.2. The van der Waals surface area contributed by atoms with Crippen molar-refractivity contribution in [3.8, 4) is 5.75 Å². The van der Waals surface area contributed by atoms with Gasteiger partial charge in [-0.1, -0.05) is 0 Å². The summed E-state index contributed by atoms with van der Waals surface area (Å²) in [5.41, 5.74) is 1.39. The molecule has 0 aromatic heterocycles.